The number of nitrogens with one attached hydrogen (secondary N) is 1. The lowest BCUT2D eigenvalue weighted by Gasteiger charge is -2.30. The van der Waals surface area contributed by atoms with Crippen LogP contribution in [0.2, 0.25) is 0 Å². The molecule has 19 heavy (non-hydrogen) atoms. The number of nitriles is 1. The molecule has 1 aliphatic heterocycles. The van der Waals surface area contributed by atoms with Crippen molar-refractivity contribution in [2.75, 3.05) is 39.9 Å². The normalized spacial score (nSPS) is 20.2. The Morgan fingerprint density at radius 1 is 1.42 bits per heavy atom. The molecule has 0 amide bonds. The van der Waals surface area contributed by atoms with E-state index in [-0.39, 0.29) is 5.54 Å². The first-order valence-electron chi connectivity index (χ1n) is 7.52. The number of nitrogens with zero attached hydrogens (tertiary/aromatic N) is 2. The first-order valence-corrected chi connectivity index (χ1v) is 7.52. The zero-order valence-electron chi connectivity index (χ0n) is 12.7. The molecule has 0 radical (unpaired) electrons. The second kappa shape index (κ2) is 8.52. The van der Waals surface area contributed by atoms with Gasteiger partial charge in [0.1, 0.15) is 5.54 Å². The van der Waals surface area contributed by atoms with E-state index in [9.17, 15) is 5.26 Å². The van der Waals surface area contributed by atoms with Gasteiger partial charge in [0.2, 0.25) is 0 Å². The Balaban J connectivity index is 2.27. The quantitative estimate of drug-likeness (QED) is 0.731. The molecule has 1 saturated heterocycles. The average molecular weight is 267 g/mol. The Bertz CT molecular complexity index is 284. The van der Waals surface area contributed by atoms with E-state index in [1.807, 2.05) is 6.92 Å². The van der Waals surface area contributed by atoms with E-state index in [0.717, 1.165) is 51.6 Å². The van der Waals surface area contributed by atoms with Crippen molar-refractivity contribution in [1.29, 1.82) is 5.26 Å². The Labute approximate surface area is 118 Å². The molecule has 0 saturated carbocycles. The maximum absolute atomic E-state index is 9.30. The molecule has 110 valence electrons. The first-order chi connectivity index (χ1) is 9.09. The van der Waals surface area contributed by atoms with Gasteiger partial charge >= 0.3 is 0 Å². The van der Waals surface area contributed by atoms with E-state index >= 15 is 0 Å². The van der Waals surface area contributed by atoms with Gasteiger partial charge in [0.05, 0.1) is 6.07 Å². The van der Waals surface area contributed by atoms with Gasteiger partial charge in [-0.05, 0) is 52.1 Å². The van der Waals surface area contributed by atoms with Crippen LogP contribution < -0.4 is 5.32 Å². The summed E-state index contributed by atoms with van der Waals surface area (Å²) in [7, 11) is 2.16. The van der Waals surface area contributed by atoms with Crippen LogP contribution in [0.1, 0.15) is 39.5 Å². The zero-order valence-corrected chi connectivity index (χ0v) is 12.7. The first kappa shape index (κ1) is 16.4. The molecule has 0 spiro atoms. The molecule has 0 aliphatic carbocycles. The lowest BCUT2D eigenvalue weighted by Crippen LogP contribution is -2.44. The van der Waals surface area contributed by atoms with Crippen LogP contribution in [0.5, 0.6) is 0 Å². The summed E-state index contributed by atoms with van der Waals surface area (Å²) in [5.74, 6) is 0.760. The predicted molar refractivity (Wildman–Crippen MR) is 78.0 cm³/mol. The molecule has 1 aliphatic rings. The van der Waals surface area contributed by atoms with Crippen molar-refractivity contribution in [3.05, 3.63) is 0 Å². The maximum Gasteiger partial charge on any atom is 0.105 e. The molecule has 1 atom stereocenters. The van der Waals surface area contributed by atoms with E-state index in [1.165, 1.54) is 12.8 Å². The fourth-order valence-corrected chi connectivity index (χ4v) is 2.46. The Hall–Kier alpha value is -0.630. The van der Waals surface area contributed by atoms with E-state index in [0.29, 0.717) is 0 Å². The van der Waals surface area contributed by atoms with Crippen LogP contribution >= 0.6 is 0 Å². The minimum atomic E-state index is -0.389. The van der Waals surface area contributed by atoms with Crippen LogP contribution in [0.3, 0.4) is 0 Å². The minimum Gasteiger partial charge on any atom is -0.381 e. The molecule has 1 heterocycles. The number of rotatable bonds is 8. The van der Waals surface area contributed by atoms with Crippen molar-refractivity contribution in [1.82, 2.24) is 10.2 Å². The standard InChI is InChI=1S/C15H29N3O/c1-4-8-17-15(2,13-16)7-9-18(3)12-14-5-10-19-11-6-14/h14,17H,4-12H2,1-3H3. The van der Waals surface area contributed by atoms with Gasteiger partial charge in [-0.1, -0.05) is 6.92 Å². The van der Waals surface area contributed by atoms with E-state index in [1.54, 1.807) is 0 Å². The highest BCUT2D eigenvalue weighted by Crippen LogP contribution is 2.16. The summed E-state index contributed by atoms with van der Waals surface area (Å²) in [6, 6.07) is 2.41. The molecule has 1 fully saturated rings. The molecule has 1 unspecified atom stereocenters. The Kier molecular flexibility index (Phi) is 7.37. The average Bonchev–Trinajstić information content (AvgIpc) is 2.44. The van der Waals surface area contributed by atoms with Crippen molar-refractivity contribution in [3.8, 4) is 6.07 Å². The maximum atomic E-state index is 9.30. The number of ether oxygens (including phenoxy) is 1. The van der Waals surface area contributed by atoms with Gasteiger partial charge in [-0.2, -0.15) is 5.26 Å². The van der Waals surface area contributed by atoms with Gasteiger partial charge in [0.15, 0.2) is 0 Å². The SMILES string of the molecule is CCCNC(C)(C#N)CCN(C)CC1CCOCC1. The van der Waals surface area contributed by atoms with Crippen LogP contribution in [0.15, 0.2) is 0 Å². The zero-order chi connectivity index (χ0) is 14.1. The summed E-state index contributed by atoms with van der Waals surface area (Å²) in [4.78, 5) is 2.36. The topological polar surface area (TPSA) is 48.3 Å². The van der Waals surface area contributed by atoms with Gasteiger partial charge in [-0.25, -0.2) is 0 Å². The monoisotopic (exact) mass is 267 g/mol. The van der Waals surface area contributed by atoms with Crippen LogP contribution in [0, 0.1) is 17.2 Å². The smallest absolute Gasteiger partial charge is 0.105 e. The second-order valence-electron chi connectivity index (χ2n) is 5.94. The molecule has 1 rings (SSSR count). The molecule has 0 bridgehead atoms. The Morgan fingerprint density at radius 2 is 2.11 bits per heavy atom. The van der Waals surface area contributed by atoms with Crippen LogP contribution in [0.25, 0.3) is 0 Å². The summed E-state index contributed by atoms with van der Waals surface area (Å²) in [5.41, 5.74) is -0.389. The molecule has 4 heteroatoms. The summed E-state index contributed by atoms with van der Waals surface area (Å²) in [6.45, 7) is 8.95. The third kappa shape index (κ3) is 6.38. The molecule has 0 aromatic carbocycles. The van der Waals surface area contributed by atoms with Gasteiger partial charge < -0.3 is 9.64 Å². The third-order valence-electron chi connectivity index (χ3n) is 3.92. The van der Waals surface area contributed by atoms with E-state index < -0.39 is 0 Å². The molecule has 0 aromatic heterocycles. The fourth-order valence-electron chi connectivity index (χ4n) is 2.46. The minimum absolute atomic E-state index is 0.389. The highest BCUT2D eigenvalue weighted by Gasteiger charge is 2.23. The lowest BCUT2D eigenvalue weighted by atomic mass is 9.97. The second-order valence-corrected chi connectivity index (χ2v) is 5.94. The van der Waals surface area contributed by atoms with Gasteiger partial charge in [0, 0.05) is 26.3 Å². The lowest BCUT2D eigenvalue weighted by molar-refractivity contribution is 0.0551. The molecular weight excluding hydrogens is 238 g/mol. The molecule has 4 nitrogen and oxygen atoms in total. The van der Waals surface area contributed by atoms with Gasteiger partial charge in [0.25, 0.3) is 0 Å². The van der Waals surface area contributed by atoms with Crippen LogP contribution in [-0.2, 0) is 4.74 Å². The summed E-state index contributed by atoms with van der Waals surface area (Å²) >= 11 is 0. The van der Waals surface area contributed by atoms with Crippen molar-refractivity contribution in [2.24, 2.45) is 5.92 Å². The number of hydrogen-bond acceptors (Lipinski definition) is 4. The van der Waals surface area contributed by atoms with Crippen molar-refractivity contribution < 1.29 is 4.74 Å². The summed E-state index contributed by atoms with van der Waals surface area (Å²) in [5, 5.41) is 12.6. The van der Waals surface area contributed by atoms with E-state index in [4.69, 9.17) is 4.74 Å². The van der Waals surface area contributed by atoms with Crippen molar-refractivity contribution >= 4 is 0 Å². The largest absolute Gasteiger partial charge is 0.381 e. The molecule has 1 N–H and O–H groups in total. The van der Waals surface area contributed by atoms with Gasteiger partial charge in [-0.3, -0.25) is 5.32 Å². The highest BCUT2D eigenvalue weighted by molar-refractivity contribution is 5.03. The third-order valence-corrected chi connectivity index (χ3v) is 3.92. The van der Waals surface area contributed by atoms with Crippen molar-refractivity contribution in [2.45, 2.75) is 45.1 Å². The van der Waals surface area contributed by atoms with Gasteiger partial charge in [-0.15, -0.1) is 0 Å². The van der Waals surface area contributed by atoms with E-state index in [2.05, 4.69) is 30.3 Å². The summed E-state index contributed by atoms with van der Waals surface area (Å²) < 4.78 is 5.39. The highest BCUT2D eigenvalue weighted by atomic mass is 16.5. The Morgan fingerprint density at radius 3 is 2.68 bits per heavy atom. The molecular formula is C15H29N3O. The van der Waals surface area contributed by atoms with Crippen LogP contribution in [0.4, 0.5) is 0 Å². The van der Waals surface area contributed by atoms with Crippen molar-refractivity contribution in [3.63, 3.8) is 0 Å². The predicted octanol–water partition coefficient (Wildman–Crippen LogP) is 2.02. The fraction of sp³-hybridized carbons (Fsp3) is 0.933. The number of hydrogen-bond donors (Lipinski definition) is 1. The summed E-state index contributed by atoms with van der Waals surface area (Å²) in [6.07, 6.45) is 4.29. The molecule has 0 aromatic rings. The van der Waals surface area contributed by atoms with Crippen LogP contribution in [-0.4, -0.2) is 50.3 Å².